The van der Waals surface area contributed by atoms with Gasteiger partial charge in [-0.25, -0.2) is 4.73 Å². The van der Waals surface area contributed by atoms with Gasteiger partial charge in [0.2, 0.25) is 0 Å². The third-order valence-corrected chi connectivity index (χ3v) is 2.39. The van der Waals surface area contributed by atoms with Crippen molar-refractivity contribution in [2.24, 2.45) is 0 Å². The van der Waals surface area contributed by atoms with E-state index in [4.69, 9.17) is 4.74 Å². The van der Waals surface area contributed by atoms with E-state index in [0.29, 0.717) is 18.0 Å². The van der Waals surface area contributed by atoms with Crippen LogP contribution in [-0.4, -0.2) is 11.6 Å². The van der Waals surface area contributed by atoms with Crippen molar-refractivity contribution in [3.05, 3.63) is 35.8 Å². The fourth-order valence-electron chi connectivity index (χ4n) is 1.51. The van der Waals surface area contributed by atoms with Gasteiger partial charge in [0.15, 0.2) is 0 Å². The Balaban J connectivity index is 2.35. The Morgan fingerprint density at radius 3 is 3.00 bits per heavy atom. The summed E-state index contributed by atoms with van der Waals surface area (Å²) >= 11 is 0. The number of nitrogens with zero attached hydrogens (tertiary/aromatic N) is 2. The zero-order valence-corrected chi connectivity index (χ0v) is 9.22. The molecule has 0 unspecified atom stereocenters. The van der Waals surface area contributed by atoms with Crippen LogP contribution < -0.4 is 9.47 Å². The van der Waals surface area contributed by atoms with Crippen LogP contribution in [0.3, 0.4) is 0 Å². The molecule has 0 saturated carbocycles. The predicted octanol–water partition coefficient (Wildman–Crippen LogP) is 2.05. The van der Waals surface area contributed by atoms with Gasteiger partial charge in [0, 0.05) is 0 Å². The predicted molar refractivity (Wildman–Crippen MR) is 61.1 cm³/mol. The van der Waals surface area contributed by atoms with E-state index >= 15 is 0 Å². The van der Waals surface area contributed by atoms with Crippen molar-refractivity contribution >= 4 is 10.9 Å². The highest BCUT2D eigenvalue weighted by Gasteiger charge is 2.11. The maximum absolute atomic E-state index is 11.5. The lowest BCUT2D eigenvalue weighted by Gasteiger charge is -2.07. The summed E-state index contributed by atoms with van der Waals surface area (Å²) in [6, 6.07) is 7.30. The van der Waals surface area contributed by atoms with Crippen LogP contribution in [0.2, 0.25) is 0 Å². The Hall–Kier alpha value is -1.84. The largest absolute Gasteiger partial charge is 0.710 e. The topological polar surface area (TPSA) is 49.1 Å². The van der Waals surface area contributed by atoms with Crippen molar-refractivity contribution in [2.45, 2.75) is 19.8 Å². The van der Waals surface area contributed by atoms with Crippen LogP contribution >= 0.6 is 0 Å². The van der Waals surface area contributed by atoms with Crippen LogP contribution in [-0.2, 0) is 0 Å². The van der Waals surface area contributed by atoms with Crippen LogP contribution in [0.25, 0.3) is 10.9 Å². The lowest BCUT2D eigenvalue weighted by atomic mass is 10.2. The van der Waals surface area contributed by atoms with E-state index in [1.54, 1.807) is 6.07 Å². The molecule has 2 rings (SSSR count). The smallest absolute Gasteiger partial charge is 0.339 e. The minimum atomic E-state index is 0.538. The van der Waals surface area contributed by atoms with Gasteiger partial charge < -0.3 is 9.94 Å². The molecule has 16 heavy (non-hydrogen) atoms. The first-order valence-corrected chi connectivity index (χ1v) is 5.42. The molecule has 0 radical (unpaired) electrons. The van der Waals surface area contributed by atoms with Gasteiger partial charge in [-0.15, -0.1) is 0 Å². The fourth-order valence-corrected chi connectivity index (χ4v) is 1.51. The van der Waals surface area contributed by atoms with Crippen molar-refractivity contribution in [2.75, 3.05) is 6.61 Å². The number of ether oxygens (including phenoxy) is 1. The summed E-state index contributed by atoms with van der Waals surface area (Å²) in [5.74, 6) is 0.538. The molecule has 2 aromatic rings. The van der Waals surface area contributed by atoms with Crippen molar-refractivity contribution in [3.8, 4) is 5.88 Å². The van der Waals surface area contributed by atoms with E-state index in [0.717, 1.165) is 23.0 Å². The van der Waals surface area contributed by atoms with E-state index in [-0.39, 0.29) is 0 Å². The number of benzene rings is 1. The Morgan fingerprint density at radius 2 is 2.19 bits per heavy atom. The van der Waals surface area contributed by atoms with Gasteiger partial charge in [0.25, 0.3) is 6.33 Å². The van der Waals surface area contributed by atoms with Gasteiger partial charge >= 0.3 is 5.88 Å². The van der Waals surface area contributed by atoms with Crippen molar-refractivity contribution in [1.29, 1.82) is 0 Å². The van der Waals surface area contributed by atoms with Crippen molar-refractivity contribution in [3.63, 3.8) is 0 Å². The van der Waals surface area contributed by atoms with E-state index in [9.17, 15) is 5.21 Å². The summed E-state index contributed by atoms with van der Waals surface area (Å²) in [6.07, 6.45) is 3.30. The fraction of sp³-hybridized carbons (Fsp3) is 0.333. The second kappa shape index (κ2) is 4.79. The quantitative estimate of drug-likeness (QED) is 0.448. The lowest BCUT2D eigenvalue weighted by molar-refractivity contribution is -0.580. The normalized spacial score (nSPS) is 10.6. The molecule has 0 amide bonds. The summed E-state index contributed by atoms with van der Waals surface area (Å²) in [6.45, 7) is 2.74. The van der Waals surface area contributed by atoms with Crippen LogP contribution in [0.4, 0.5) is 0 Å². The Bertz CT molecular complexity index is 485. The molecule has 0 aliphatic rings. The Labute approximate surface area is 94.1 Å². The van der Waals surface area contributed by atoms with Gasteiger partial charge in [-0.2, -0.15) is 0 Å². The number of hydrogen-bond donors (Lipinski definition) is 0. The highest BCUT2D eigenvalue weighted by atomic mass is 16.5. The monoisotopic (exact) mass is 218 g/mol. The second-order valence-corrected chi connectivity index (χ2v) is 3.59. The van der Waals surface area contributed by atoms with Gasteiger partial charge in [0.1, 0.15) is 10.9 Å². The molecular formula is C12H14N2O2. The number of unbranched alkanes of at least 4 members (excludes halogenated alkanes) is 1. The summed E-state index contributed by atoms with van der Waals surface area (Å²) in [5, 5.41) is 12.2. The molecule has 4 nitrogen and oxygen atoms in total. The SMILES string of the molecule is CCCCOc1nc[n+]([O-])c2ccccc12. The van der Waals surface area contributed by atoms with E-state index < -0.39 is 0 Å². The molecule has 0 fully saturated rings. The maximum Gasteiger partial charge on any atom is 0.339 e. The minimum Gasteiger partial charge on any atom is -0.710 e. The average Bonchev–Trinajstić information content (AvgIpc) is 2.33. The first-order valence-electron chi connectivity index (χ1n) is 5.42. The number of para-hydroxylation sites is 1. The highest BCUT2D eigenvalue weighted by molar-refractivity contribution is 5.80. The number of rotatable bonds is 4. The third kappa shape index (κ3) is 2.05. The van der Waals surface area contributed by atoms with Gasteiger partial charge in [-0.1, -0.05) is 25.5 Å². The molecule has 0 N–H and O–H groups in total. The molecule has 1 heterocycles. The second-order valence-electron chi connectivity index (χ2n) is 3.59. The van der Waals surface area contributed by atoms with Gasteiger partial charge in [0.05, 0.1) is 6.61 Å². The number of fused-ring (bicyclic) bond motifs is 1. The molecule has 84 valence electrons. The Kier molecular flexibility index (Phi) is 3.19. The summed E-state index contributed by atoms with van der Waals surface area (Å²) < 4.78 is 6.30. The van der Waals surface area contributed by atoms with E-state index in [2.05, 4.69) is 11.9 Å². The molecule has 4 heteroatoms. The molecule has 0 bridgehead atoms. The Morgan fingerprint density at radius 1 is 1.38 bits per heavy atom. The minimum absolute atomic E-state index is 0.538. The standard InChI is InChI=1S/C12H14N2O2/c1-2-3-8-16-12-10-6-4-5-7-11(10)14(15)9-13-12/h4-7,9H,2-3,8H2,1H3. The summed E-state index contributed by atoms with van der Waals surface area (Å²) in [4.78, 5) is 4.01. The first-order chi connectivity index (χ1) is 7.83. The first kappa shape index (κ1) is 10.7. The van der Waals surface area contributed by atoms with Crippen LogP contribution in [0.15, 0.2) is 30.6 Å². The summed E-state index contributed by atoms with van der Waals surface area (Å²) in [7, 11) is 0. The molecule has 0 aliphatic heterocycles. The molecular weight excluding hydrogens is 204 g/mol. The van der Waals surface area contributed by atoms with Crippen LogP contribution in [0, 0.1) is 5.21 Å². The molecule has 1 aromatic carbocycles. The van der Waals surface area contributed by atoms with Gasteiger partial charge in [-0.05, 0) is 23.5 Å². The zero-order valence-electron chi connectivity index (χ0n) is 9.22. The average molecular weight is 218 g/mol. The molecule has 1 aromatic heterocycles. The summed E-state index contributed by atoms with van der Waals surface area (Å²) in [5.41, 5.74) is 0.587. The maximum atomic E-state index is 11.5. The molecule has 0 aliphatic carbocycles. The number of aromatic nitrogens is 2. The molecule has 0 spiro atoms. The van der Waals surface area contributed by atoms with Crippen LogP contribution in [0.1, 0.15) is 19.8 Å². The van der Waals surface area contributed by atoms with Gasteiger partial charge in [-0.3, -0.25) is 0 Å². The van der Waals surface area contributed by atoms with E-state index in [1.807, 2.05) is 18.2 Å². The van der Waals surface area contributed by atoms with Crippen molar-refractivity contribution < 1.29 is 9.47 Å². The lowest BCUT2D eigenvalue weighted by Crippen LogP contribution is -2.27. The van der Waals surface area contributed by atoms with Crippen LogP contribution in [0.5, 0.6) is 5.88 Å². The van der Waals surface area contributed by atoms with E-state index in [1.165, 1.54) is 6.33 Å². The molecule has 0 saturated heterocycles. The van der Waals surface area contributed by atoms with Crippen molar-refractivity contribution in [1.82, 2.24) is 4.98 Å². The molecule has 0 atom stereocenters. The highest BCUT2D eigenvalue weighted by Crippen LogP contribution is 2.19. The number of hydrogen-bond acceptors (Lipinski definition) is 3. The zero-order chi connectivity index (χ0) is 11.4. The third-order valence-electron chi connectivity index (χ3n) is 2.39.